The van der Waals surface area contributed by atoms with Crippen molar-refractivity contribution in [2.75, 3.05) is 5.32 Å². The maximum Gasteiger partial charge on any atom is 0.248 e. The number of thiophene rings is 1. The Morgan fingerprint density at radius 2 is 2.17 bits per heavy atom. The first-order valence-corrected chi connectivity index (χ1v) is 8.85. The molecule has 24 heavy (non-hydrogen) atoms. The van der Waals surface area contributed by atoms with Crippen molar-refractivity contribution >= 4 is 22.9 Å². The van der Waals surface area contributed by atoms with Crippen LogP contribution in [0.25, 0.3) is 11.5 Å². The van der Waals surface area contributed by atoms with Gasteiger partial charge in [0.1, 0.15) is 0 Å². The van der Waals surface area contributed by atoms with E-state index in [0.29, 0.717) is 24.6 Å². The molecule has 5 nitrogen and oxygen atoms in total. The number of hydrogen-bond acceptors (Lipinski definition) is 5. The van der Waals surface area contributed by atoms with E-state index in [0.717, 1.165) is 28.8 Å². The Hall–Kier alpha value is -2.47. The monoisotopic (exact) mass is 341 g/mol. The van der Waals surface area contributed by atoms with Crippen LogP contribution in [-0.2, 0) is 17.6 Å². The van der Waals surface area contributed by atoms with Crippen LogP contribution in [0, 0.1) is 6.92 Å². The molecule has 0 aliphatic rings. The van der Waals surface area contributed by atoms with Crippen LogP contribution in [0.15, 0.2) is 39.4 Å². The minimum absolute atomic E-state index is 0.0470. The molecule has 0 aliphatic heterocycles. The summed E-state index contributed by atoms with van der Waals surface area (Å²) >= 11 is 1.58. The molecule has 6 heteroatoms. The molecular formula is C18H19N3O2S. The number of nitrogens with zero attached hydrogens (tertiary/aromatic N) is 2. The molecule has 0 fully saturated rings. The summed E-state index contributed by atoms with van der Waals surface area (Å²) in [5.74, 6) is 0.931. The largest absolute Gasteiger partial charge is 0.421 e. The standard InChI is InChI=1S/C18H19N3O2S/c1-3-13-6-4-5-12(2)17(13)19-15(22)7-8-16-20-21-18(23-16)14-9-10-24-11-14/h4-6,9-11H,3,7-8H2,1-2H3,(H,19,22). The second kappa shape index (κ2) is 7.40. The SMILES string of the molecule is CCc1cccc(C)c1NC(=O)CCc1nnc(-c2ccsc2)o1. The normalized spacial score (nSPS) is 10.8. The predicted octanol–water partition coefficient (Wildman–Crippen LogP) is 4.24. The molecule has 3 rings (SSSR count). The summed E-state index contributed by atoms with van der Waals surface area (Å²) in [7, 11) is 0. The van der Waals surface area contributed by atoms with E-state index < -0.39 is 0 Å². The summed E-state index contributed by atoms with van der Waals surface area (Å²) in [5, 5.41) is 14.9. The molecule has 1 N–H and O–H groups in total. The lowest BCUT2D eigenvalue weighted by molar-refractivity contribution is -0.116. The van der Waals surface area contributed by atoms with Crippen LogP contribution in [0.1, 0.15) is 30.4 Å². The highest BCUT2D eigenvalue weighted by Gasteiger charge is 2.12. The van der Waals surface area contributed by atoms with Gasteiger partial charge in [0.2, 0.25) is 17.7 Å². The third-order valence-electron chi connectivity index (χ3n) is 3.81. The van der Waals surface area contributed by atoms with Crippen molar-refractivity contribution in [3.63, 3.8) is 0 Å². The van der Waals surface area contributed by atoms with Gasteiger partial charge in [-0.25, -0.2) is 0 Å². The Balaban J connectivity index is 1.60. The Labute approximate surface area is 144 Å². The molecule has 0 unspecified atom stereocenters. The third kappa shape index (κ3) is 3.71. The van der Waals surface area contributed by atoms with Gasteiger partial charge in [-0.1, -0.05) is 25.1 Å². The number of nitrogens with one attached hydrogen (secondary N) is 1. The van der Waals surface area contributed by atoms with Gasteiger partial charge >= 0.3 is 0 Å². The summed E-state index contributed by atoms with van der Waals surface area (Å²) in [6, 6.07) is 7.97. The molecule has 2 heterocycles. The summed E-state index contributed by atoms with van der Waals surface area (Å²) in [6.07, 6.45) is 1.62. The van der Waals surface area contributed by atoms with Gasteiger partial charge in [-0.05, 0) is 35.9 Å². The van der Waals surface area contributed by atoms with Crippen LogP contribution in [0.3, 0.4) is 0 Å². The van der Waals surface area contributed by atoms with Crippen LogP contribution >= 0.6 is 11.3 Å². The van der Waals surface area contributed by atoms with Gasteiger partial charge in [0.15, 0.2) is 0 Å². The van der Waals surface area contributed by atoms with E-state index in [1.54, 1.807) is 11.3 Å². The summed E-state index contributed by atoms with van der Waals surface area (Å²) < 4.78 is 5.60. The fourth-order valence-electron chi connectivity index (χ4n) is 2.48. The first-order valence-electron chi connectivity index (χ1n) is 7.90. The Bertz CT molecular complexity index is 825. The van der Waals surface area contributed by atoms with Gasteiger partial charge in [0.25, 0.3) is 0 Å². The Kier molecular flexibility index (Phi) is 5.05. The van der Waals surface area contributed by atoms with E-state index in [-0.39, 0.29) is 5.91 Å². The number of benzene rings is 1. The van der Waals surface area contributed by atoms with Crippen molar-refractivity contribution in [2.24, 2.45) is 0 Å². The second-order valence-corrected chi connectivity index (χ2v) is 6.30. The van der Waals surface area contributed by atoms with E-state index in [2.05, 4.69) is 22.4 Å². The second-order valence-electron chi connectivity index (χ2n) is 5.52. The maximum atomic E-state index is 12.2. The predicted molar refractivity (Wildman–Crippen MR) is 95.1 cm³/mol. The molecule has 0 saturated heterocycles. The van der Waals surface area contributed by atoms with Crippen molar-refractivity contribution in [1.29, 1.82) is 0 Å². The molecular weight excluding hydrogens is 322 g/mol. The third-order valence-corrected chi connectivity index (χ3v) is 4.49. The summed E-state index contributed by atoms with van der Waals surface area (Å²) in [6.45, 7) is 4.08. The minimum atomic E-state index is -0.0470. The number of carbonyl (C=O) groups is 1. The van der Waals surface area contributed by atoms with Crippen LogP contribution in [0.2, 0.25) is 0 Å². The number of hydrogen-bond donors (Lipinski definition) is 1. The van der Waals surface area contributed by atoms with E-state index in [9.17, 15) is 4.79 Å². The van der Waals surface area contributed by atoms with Crippen molar-refractivity contribution in [3.05, 3.63) is 52.0 Å². The van der Waals surface area contributed by atoms with Gasteiger partial charge in [-0.3, -0.25) is 4.79 Å². The zero-order chi connectivity index (χ0) is 16.9. The molecule has 124 valence electrons. The van der Waals surface area contributed by atoms with Crippen LogP contribution in [0.4, 0.5) is 5.69 Å². The molecule has 3 aromatic rings. The summed E-state index contributed by atoms with van der Waals surface area (Å²) in [4.78, 5) is 12.2. The number of anilines is 1. The number of aromatic nitrogens is 2. The van der Waals surface area contributed by atoms with Gasteiger partial charge in [0, 0.05) is 29.5 Å². The summed E-state index contributed by atoms with van der Waals surface area (Å²) in [5.41, 5.74) is 4.03. The van der Waals surface area contributed by atoms with Gasteiger partial charge in [-0.2, -0.15) is 11.3 Å². The van der Waals surface area contributed by atoms with Crippen molar-refractivity contribution < 1.29 is 9.21 Å². The Morgan fingerprint density at radius 1 is 1.29 bits per heavy atom. The molecule has 0 radical (unpaired) electrons. The molecule has 0 spiro atoms. The van der Waals surface area contributed by atoms with Gasteiger partial charge < -0.3 is 9.73 Å². The average Bonchev–Trinajstić information content (AvgIpc) is 3.26. The van der Waals surface area contributed by atoms with E-state index in [1.165, 1.54) is 0 Å². The van der Waals surface area contributed by atoms with Crippen molar-refractivity contribution in [3.8, 4) is 11.5 Å². The first-order chi connectivity index (χ1) is 11.7. The molecule has 0 saturated carbocycles. The number of carbonyl (C=O) groups excluding carboxylic acids is 1. The first kappa shape index (κ1) is 16.4. The lowest BCUT2D eigenvalue weighted by Gasteiger charge is -2.12. The molecule has 0 aliphatic carbocycles. The lowest BCUT2D eigenvalue weighted by atomic mass is 10.1. The highest BCUT2D eigenvalue weighted by atomic mass is 32.1. The molecule has 0 atom stereocenters. The molecule has 2 aromatic heterocycles. The fraction of sp³-hybridized carbons (Fsp3) is 0.278. The van der Waals surface area contributed by atoms with Crippen LogP contribution < -0.4 is 5.32 Å². The zero-order valence-electron chi connectivity index (χ0n) is 13.7. The van der Waals surface area contributed by atoms with Crippen LogP contribution in [-0.4, -0.2) is 16.1 Å². The van der Waals surface area contributed by atoms with Crippen LogP contribution in [0.5, 0.6) is 0 Å². The number of aryl methyl sites for hydroxylation is 3. The smallest absolute Gasteiger partial charge is 0.248 e. The zero-order valence-corrected chi connectivity index (χ0v) is 14.5. The number of rotatable bonds is 6. The quantitative estimate of drug-likeness (QED) is 0.728. The van der Waals surface area contributed by atoms with E-state index in [1.807, 2.05) is 41.9 Å². The molecule has 1 aromatic carbocycles. The fourth-order valence-corrected chi connectivity index (χ4v) is 3.11. The highest BCUT2D eigenvalue weighted by molar-refractivity contribution is 7.08. The van der Waals surface area contributed by atoms with Gasteiger partial charge in [0.05, 0.1) is 0 Å². The topological polar surface area (TPSA) is 68.0 Å². The average molecular weight is 341 g/mol. The van der Waals surface area contributed by atoms with Crippen molar-refractivity contribution in [2.45, 2.75) is 33.1 Å². The van der Waals surface area contributed by atoms with E-state index >= 15 is 0 Å². The number of amides is 1. The molecule has 1 amide bonds. The van der Waals surface area contributed by atoms with Gasteiger partial charge in [-0.15, -0.1) is 10.2 Å². The lowest BCUT2D eigenvalue weighted by Crippen LogP contribution is -2.14. The Morgan fingerprint density at radius 3 is 2.92 bits per heavy atom. The molecule has 0 bridgehead atoms. The highest BCUT2D eigenvalue weighted by Crippen LogP contribution is 2.22. The number of para-hydroxylation sites is 1. The van der Waals surface area contributed by atoms with Crippen molar-refractivity contribution in [1.82, 2.24) is 10.2 Å². The maximum absolute atomic E-state index is 12.2. The minimum Gasteiger partial charge on any atom is -0.421 e. The van der Waals surface area contributed by atoms with E-state index in [4.69, 9.17) is 4.42 Å².